The number of nitrogens with zero attached hydrogens (tertiary/aromatic N) is 4. The molecular weight excluding hydrogens is 385 g/mol. The molecule has 0 radical (unpaired) electrons. The van der Waals surface area contributed by atoms with Crippen LogP contribution in [0.25, 0.3) is 0 Å². The molecule has 0 bridgehead atoms. The molecule has 0 aliphatic heterocycles. The first-order valence-electron chi connectivity index (χ1n) is 5.93. The van der Waals surface area contributed by atoms with Crippen LogP contribution in [0.15, 0.2) is 34.5 Å². The number of hydrogen-bond acceptors (Lipinski definition) is 5. The van der Waals surface area contributed by atoms with E-state index >= 15 is 0 Å². The molecule has 7 heteroatoms. The summed E-state index contributed by atoms with van der Waals surface area (Å²) in [4.78, 5) is 5.94. The maximum absolute atomic E-state index is 7.81. The molecule has 20 heavy (non-hydrogen) atoms. The van der Waals surface area contributed by atoms with Gasteiger partial charge in [-0.3, -0.25) is 5.41 Å². The van der Waals surface area contributed by atoms with Gasteiger partial charge in [0, 0.05) is 33.9 Å². The minimum absolute atomic E-state index is 0.189. The molecule has 0 spiro atoms. The van der Waals surface area contributed by atoms with E-state index in [2.05, 4.69) is 15.2 Å². The molecule has 0 saturated carbocycles. The first-order valence-corrected chi connectivity index (χ1v) is 9.98. The first kappa shape index (κ1) is 17.1. The Labute approximate surface area is 134 Å². The highest BCUT2D eigenvalue weighted by molar-refractivity contribution is 14.2. The molecule has 0 unspecified atom stereocenters. The van der Waals surface area contributed by atoms with E-state index in [4.69, 9.17) is 5.41 Å². The molecule has 0 aliphatic carbocycles. The fraction of sp³-hybridized carbons (Fsp3) is 0.385. The third-order valence-electron chi connectivity index (χ3n) is 2.36. The lowest BCUT2D eigenvalue weighted by atomic mass is 10.3. The summed E-state index contributed by atoms with van der Waals surface area (Å²) < 4.78 is 0.944. The van der Waals surface area contributed by atoms with Crippen molar-refractivity contribution in [3.63, 3.8) is 0 Å². The molecule has 0 aliphatic rings. The molecule has 5 nitrogen and oxygen atoms in total. The summed E-state index contributed by atoms with van der Waals surface area (Å²) in [5.41, 5.74) is 1.97. The first-order chi connectivity index (χ1) is 9.43. The highest BCUT2D eigenvalue weighted by atomic mass is 127. The zero-order valence-electron chi connectivity index (χ0n) is 12.4. The molecule has 0 heterocycles. The Kier molecular flexibility index (Phi) is 7.14. The average Bonchev–Trinajstić information content (AvgIpc) is 2.43. The monoisotopic (exact) mass is 405 g/mol. The maximum Gasteiger partial charge on any atom is 0.162 e. The van der Waals surface area contributed by atoms with Gasteiger partial charge in [0.05, 0.1) is 5.69 Å². The number of azo groups is 1. The highest BCUT2D eigenvalue weighted by Crippen LogP contribution is 2.21. The number of nitrogens with one attached hydrogen (secondary N) is 1. The van der Waals surface area contributed by atoms with Gasteiger partial charge >= 0.3 is 0 Å². The van der Waals surface area contributed by atoms with Crippen LogP contribution in [0.4, 0.5) is 11.4 Å². The number of thioether (sulfide) groups is 1. The van der Waals surface area contributed by atoms with Gasteiger partial charge in [-0.1, -0.05) is 20.7 Å². The summed E-state index contributed by atoms with van der Waals surface area (Å²) >= 11 is 1.20. The molecule has 0 saturated heterocycles. The second-order valence-corrected chi connectivity index (χ2v) is 8.16. The van der Waals surface area contributed by atoms with Crippen molar-refractivity contribution in [1.29, 1.82) is 5.41 Å². The SMILES string of the molecule is CI=C(N=Nc1ccc(N(C)C)cc1)SC(=N)N(C)C. The van der Waals surface area contributed by atoms with Crippen LogP contribution >= 0.6 is 32.5 Å². The summed E-state index contributed by atoms with van der Waals surface area (Å²) in [5, 5.41) is 16.8. The Morgan fingerprint density at radius 1 is 1.15 bits per heavy atom. The predicted molar refractivity (Wildman–Crippen MR) is 99.2 cm³/mol. The second-order valence-electron chi connectivity index (χ2n) is 4.35. The van der Waals surface area contributed by atoms with Crippen LogP contribution in [-0.4, -0.2) is 46.2 Å². The van der Waals surface area contributed by atoms with Crippen LogP contribution < -0.4 is 4.90 Å². The molecular formula is C13H20IN5S. The Morgan fingerprint density at radius 2 is 1.75 bits per heavy atom. The van der Waals surface area contributed by atoms with E-state index < -0.39 is 0 Å². The molecule has 0 atom stereocenters. The van der Waals surface area contributed by atoms with Gasteiger partial charge < -0.3 is 9.80 Å². The number of alkyl halides is 1. The smallest absolute Gasteiger partial charge is 0.162 e. The standard InChI is InChI=1S/C13H20IN5S/c1-14-12(20-13(15)19(4)5)17-16-10-6-8-11(9-7-10)18(2)3/h6-9,15H,1-5H3. The lowest BCUT2D eigenvalue weighted by Gasteiger charge is -2.12. The van der Waals surface area contributed by atoms with Gasteiger partial charge in [-0.25, -0.2) is 0 Å². The van der Waals surface area contributed by atoms with Crippen LogP contribution in [-0.2, 0) is 0 Å². The van der Waals surface area contributed by atoms with E-state index in [1.807, 2.05) is 57.4 Å². The highest BCUT2D eigenvalue weighted by Gasteiger charge is 2.04. The summed E-state index contributed by atoms with van der Waals surface area (Å²) in [7, 11) is 7.73. The molecule has 1 N–H and O–H groups in total. The normalized spacial score (nSPS) is 12.2. The molecule has 1 aromatic rings. The van der Waals surface area contributed by atoms with Crippen molar-refractivity contribution in [1.82, 2.24) is 4.90 Å². The third-order valence-corrected chi connectivity index (χ3v) is 6.00. The Hall–Kier alpha value is -0.960. The van der Waals surface area contributed by atoms with Crippen molar-refractivity contribution in [2.75, 3.05) is 38.0 Å². The van der Waals surface area contributed by atoms with Gasteiger partial charge in [0.25, 0.3) is 0 Å². The second kappa shape index (κ2) is 8.35. The van der Waals surface area contributed by atoms with Gasteiger partial charge in [-0.05, 0) is 41.0 Å². The van der Waals surface area contributed by atoms with Crippen LogP contribution in [0.1, 0.15) is 0 Å². The third kappa shape index (κ3) is 5.58. The topological polar surface area (TPSA) is 55.1 Å². The average molecular weight is 405 g/mol. The summed E-state index contributed by atoms with van der Waals surface area (Å²) in [5.74, 6) is 0. The summed E-state index contributed by atoms with van der Waals surface area (Å²) in [6.07, 6.45) is 0. The van der Waals surface area contributed by atoms with Crippen LogP contribution in [0.2, 0.25) is 0 Å². The fourth-order valence-electron chi connectivity index (χ4n) is 1.18. The number of benzene rings is 1. The number of halogens is 1. The van der Waals surface area contributed by atoms with Crippen molar-refractivity contribution in [2.45, 2.75) is 0 Å². The number of amidine groups is 1. The van der Waals surface area contributed by atoms with Gasteiger partial charge in [0.2, 0.25) is 0 Å². The quantitative estimate of drug-likeness (QED) is 0.273. The number of rotatable bonds is 4. The molecule has 0 amide bonds. The molecule has 1 rings (SSSR count). The minimum Gasteiger partial charge on any atom is -0.378 e. The Bertz CT molecular complexity index is 508. The summed E-state index contributed by atoms with van der Waals surface area (Å²) in [6, 6.07) is 7.94. The lowest BCUT2D eigenvalue weighted by molar-refractivity contribution is 0.632. The zero-order chi connectivity index (χ0) is 15.1. The van der Waals surface area contributed by atoms with Crippen LogP contribution in [0.5, 0.6) is 0 Å². The molecule has 0 fully saturated rings. The van der Waals surface area contributed by atoms with Gasteiger partial charge in [0.1, 0.15) is 0 Å². The van der Waals surface area contributed by atoms with E-state index in [9.17, 15) is 0 Å². The van der Waals surface area contributed by atoms with Crippen molar-refractivity contribution >= 4 is 52.0 Å². The van der Waals surface area contributed by atoms with Crippen molar-refractivity contribution < 1.29 is 0 Å². The summed E-state index contributed by atoms with van der Waals surface area (Å²) in [6.45, 7) is 0. The lowest BCUT2D eigenvalue weighted by Crippen LogP contribution is -2.18. The van der Waals surface area contributed by atoms with Gasteiger partial charge in [-0.15, -0.1) is 10.2 Å². The largest absolute Gasteiger partial charge is 0.378 e. The fourth-order valence-corrected chi connectivity index (χ4v) is 3.29. The van der Waals surface area contributed by atoms with Gasteiger partial charge in [-0.2, -0.15) is 0 Å². The van der Waals surface area contributed by atoms with Crippen molar-refractivity contribution in [3.8, 4) is 0 Å². The molecule has 1 aromatic carbocycles. The van der Waals surface area contributed by atoms with E-state index in [0.717, 1.165) is 14.3 Å². The minimum atomic E-state index is -0.189. The van der Waals surface area contributed by atoms with Crippen molar-refractivity contribution in [3.05, 3.63) is 24.3 Å². The zero-order valence-corrected chi connectivity index (χ0v) is 15.4. The Balaban J connectivity index is 2.72. The van der Waals surface area contributed by atoms with E-state index in [1.165, 1.54) is 11.8 Å². The maximum atomic E-state index is 7.81. The van der Waals surface area contributed by atoms with E-state index in [1.54, 1.807) is 4.90 Å². The molecule has 0 aromatic heterocycles. The molecule has 110 valence electrons. The van der Waals surface area contributed by atoms with E-state index in [-0.39, 0.29) is 20.7 Å². The number of hydrogen-bond donors (Lipinski definition) is 1. The van der Waals surface area contributed by atoms with E-state index in [0.29, 0.717) is 5.17 Å². The van der Waals surface area contributed by atoms with Gasteiger partial charge in [0.15, 0.2) is 8.13 Å². The van der Waals surface area contributed by atoms with Crippen LogP contribution in [0.3, 0.4) is 0 Å². The van der Waals surface area contributed by atoms with Crippen molar-refractivity contribution in [2.24, 2.45) is 10.2 Å². The predicted octanol–water partition coefficient (Wildman–Crippen LogP) is 3.75. The number of anilines is 1. The Morgan fingerprint density at radius 3 is 2.20 bits per heavy atom. The van der Waals surface area contributed by atoms with Crippen LogP contribution in [0, 0.1) is 5.41 Å².